The normalized spacial score (nSPS) is 19.3. The van der Waals surface area contributed by atoms with E-state index >= 15 is 0 Å². The Hall–Kier alpha value is -1.82. The average molecular weight is 220 g/mol. The van der Waals surface area contributed by atoms with Gasteiger partial charge in [0, 0.05) is 5.92 Å². The van der Waals surface area contributed by atoms with Crippen LogP contribution in [0.1, 0.15) is 25.3 Å². The molecule has 3 rings (SSSR count). The van der Waals surface area contributed by atoms with Gasteiger partial charge in [-0.2, -0.15) is 0 Å². The molecule has 1 atom stereocenters. The Balaban J connectivity index is 2.11. The molecule has 17 heavy (non-hydrogen) atoms. The third kappa shape index (κ3) is 1.70. The van der Waals surface area contributed by atoms with Gasteiger partial charge in [-0.3, -0.25) is 0 Å². The summed E-state index contributed by atoms with van der Waals surface area (Å²) in [6.07, 6.45) is 4.53. The molecule has 0 fully saturated rings. The molecule has 1 aliphatic carbocycles. The van der Waals surface area contributed by atoms with E-state index in [1.54, 1.807) is 0 Å². The summed E-state index contributed by atoms with van der Waals surface area (Å²) in [6.45, 7) is 4.42. The van der Waals surface area contributed by atoms with Crippen LogP contribution in [0.15, 0.2) is 65.8 Å². The molecule has 1 unspecified atom stereocenters. The highest BCUT2D eigenvalue weighted by Gasteiger charge is 2.16. The fourth-order valence-electron chi connectivity index (χ4n) is 2.52. The third-order valence-corrected chi connectivity index (χ3v) is 3.76. The summed E-state index contributed by atoms with van der Waals surface area (Å²) >= 11 is 0. The molecule has 0 aromatic heterocycles. The molecule has 1 aliphatic rings. The molecule has 0 amide bonds. The topological polar surface area (TPSA) is 0 Å². The van der Waals surface area contributed by atoms with E-state index in [-0.39, 0.29) is 0 Å². The number of benzene rings is 2. The van der Waals surface area contributed by atoms with Crippen LogP contribution in [0.25, 0.3) is 10.8 Å². The molecule has 0 bridgehead atoms. The van der Waals surface area contributed by atoms with Gasteiger partial charge in [-0.1, -0.05) is 65.8 Å². The Labute approximate surface area is 102 Å². The molecular formula is C17H16. The lowest BCUT2D eigenvalue weighted by Gasteiger charge is -2.12. The van der Waals surface area contributed by atoms with Crippen LogP contribution in [0.5, 0.6) is 0 Å². The van der Waals surface area contributed by atoms with Crippen molar-refractivity contribution >= 4 is 10.8 Å². The molecular weight excluding hydrogens is 204 g/mol. The van der Waals surface area contributed by atoms with E-state index in [9.17, 15) is 0 Å². The van der Waals surface area contributed by atoms with Gasteiger partial charge in [0.15, 0.2) is 0 Å². The van der Waals surface area contributed by atoms with E-state index in [4.69, 9.17) is 0 Å². The highest BCUT2D eigenvalue weighted by Crippen LogP contribution is 2.34. The van der Waals surface area contributed by atoms with Crippen molar-refractivity contribution in [2.45, 2.75) is 19.8 Å². The summed E-state index contributed by atoms with van der Waals surface area (Å²) in [6, 6.07) is 15.3. The van der Waals surface area contributed by atoms with Crippen LogP contribution in [-0.4, -0.2) is 0 Å². The molecule has 0 N–H and O–H groups in total. The van der Waals surface area contributed by atoms with Crippen LogP contribution in [0.2, 0.25) is 0 Å². The van der Waals surface area contributed by atoms with Crippen molar-refractivity contribution in [3.8, 4) is 0 Å². The number of fused-ring (bicyclic) bond motifs is 1. The van der Waals surface area contributed by atoms with Crippen molar-refractivity contribution in [3.63, 3.8) is 0 Å². The van der Waals surface area contributed by atoms with Gasteiger partial charge in [-0.15, -0.1) is 0 Å². The fourth-order valence-corrected chi connectivity index (χ4v) is 2.52. The summed E-state index contributed by atoms with van der Waals surface area (Å²) in [7, 11) is 0. The van der Waals surface area contributed by atoms with Gasteiger partial charge in [-0.25, -0.2) is 0 Å². The van der Waals surface area contributed by atoms with Gasteiger partial charge in [-0.05, 0) is 30.2 Å². The number of rotatable bonds is 1. The first-order valence-corrected chi connectivity index (χ1v) is 6.10. The van der Waals surface area contributed by atoms with Crippen molar-refractivity contribution in [1.29, 1.82) is 0 Å². The van der Waals surface area contributed by atoms with Crippen LogP contribution in [-0.2, 0) is 0 Å². The van der Waals surface area contributed by atoms with Crippen molar-refractivity contribution < 1.29 is 0 Å². The van der Waals surface area contributed by atoms with Crippen molar-refractivity contribution in [1.82, 2.24) is 0 Å². The maximum Gasteiger partial charge on any atom is 0.0234 e. The van der Waals surface area contributed by atoms with Crippen LogP contribution < -0.4 is 0 Å². The minimum atomic E-state index is 0.472. The number of hydrogen-bond donors (Lipinski definition) is 0. The molecule has 0 spiro atoms. The molecule has 0 nitrogen and oxygen atoms in total. The van der Waals surface area contributed by atoms with E-state index in [1.165, 1.54) is 27.5 Å². The zero-order valence-electron chi connectivity index (χ0n) is 10.3. The molecule has 2 aromatic rings. The molecule has 0 radical (unpaired) electrons. The third-order valence-electron chi connectivity index (χ3n) is 3.76. The Morgan fingerprint density at radius 1 is 0.882 bits per heavy atom. The smallest absolute Gasteiger partial charge is 0.0234 e. The van der Waals surface area contributed by atoms with Gasteiger partial charge < -0.3 is 0 Å². The van der Waals surface area contributed by atoms with Crippen molar-refractivity contribution in [3.05, 3.63) is 71.3 Å². The van der Waals surface area contributed by atoms with E-state index in [0.717, 1.165) is 0 Å². The summed E-state index contributed by atoms with van der Waals surface area (Å²) in [4.78, 5) is 0. The number of allylic oxidation sites excluding steroid dienone is 4. The maximum absolute atomic E-state index is 2.31. The maximum atomic E-state index is 2.31. The Morgan fingerprint density at radius 2 is 1.65 bits per heavy atom. The lowest BCUT2D eigenvalue weighted by atomic mass is 9.92. The van der Waals surface area contributed by atoms with Gasteiger partial charge in [0.1, 0.15) is 0 Å². The minimum Gasteiger partial charge on any atom is -0.0727 e. The summed E-state index contributed by atoms with van der Waals surface area (Å²) in [5.41, 5.74) is 4.28. The first-order chi connectivity index (χ1) is 8.25. The van der Waals surface area contributed by atoms with E-state index < -0.39 is 0 Å². The lowest BCUT2D eigenvalue weighted by molar-refractivity contribution is 1.01. The predicted molar refractivity (Wildman–Crippen MR) is 74.2 cm³/mol. The first-order valence-electron chi connectivity index (χ1n) is 6.10. The zero-order valence-corrected chi connectivity index (χ0v) is 10.3. The highest BCUT2D eigenvalue weighted by molar-refractivity contribution is 5.83. The Bertz CT molecular complexity index is 629. The fraction of sp³-hybridized carbons (Fsp3) is 0.176. The Morgan fingerprint density at radius 3 is 2.35 bits per heavy atom. The molecule has 0 saturated carbocycles. The van der Waals surface area contributed by atoms with Gasteiger partial charge >= 0.3 is 0 Å². The molecule has 84 valence electrons. The number of hydrogen-bond acceptors (Lipinski definition) is 0. The molecule has 2 aromatic carbocycles. The van der Waals surface area contributed by atoms with Crippen LogP contribution in [0.4, 0.5) is 0 Å². The zero-order chi connectivity index (χ0) is 11.8. The molecule has 0 heterocycles. The monoisotopic (exact) mass is 220 g/mol. The Kier molecular flexibility index (Phi) is 2.36. The second kappa shape index (κ2) is 3.89. The predicted octanol–water partition coefficient (Wildman–Crippen LogP) is 4.83. The summed E-state index contributed by atoms with van der Waals surface area (Å²) in [5, 5.41) is 2.65. The molecule has 0 heteroatoms. The quantitative estimate of drug-likeness (QED) is 0.645. The highest BCUT2D eigenvalue weighted by atomic mass is 14.2. The average Bonchev–Trinajstić information content (AvgIpc) is 2.70. The van der Waals surface area contributed by atoms with Crippen LogP contribution >= 0.6 is 0 Å². The molecule has 0 aliphatic heterocycles. The minimum absolute atomic E-state index is 0.472. The second-order valence-corrected chi connectivity index (χ2v) is 4.81. The van der Waals surface area contributed by atoms with Crippen LogP contribution in [0, 0.1) is 0 Å². The van der Waals surface area contributed by atoms with E-state index in [0.29, 0.717) is 5.92 Å². The standard InChI is InChI=1S/C17H16/c1-12-7-10-17(13(12)2)16-9-8-14-5-3-4-6-15(14)11-16/h3-11,17H,1-2H3. The van der Waals surface area contributed by atoms with Gasteiger partial charge in [0.2, 0.25) is 0 Å². The van der Waals surface area contributed by atoms with E-state index in [2.05, 4.69) is 68.5 Å². The van der Waals surface area contributed by atoms with Crippen molar-refractivity contribution in [2.24, 2.45) is 0 Å². The van der Waals surface area contributed by atoms with E-state index in [1.807, 2.05) is 0 Å². The lowest BCUT2D eigenvalue weighted by Crippen LogP contribution is -1.94. The first kappa shape index (κ1) is 10.3. The SMILES string of the molecule is CC1=C(C)C(c2ccc3ccccc3c2)C=C1. The summed E-state index contributed by atoms with van der Waals surface area (Å²) < 4.78 is 0. The summed E-state index contributed by atoms with van der Waals surface area (Å²) in [5.74, 6) is 0.472. The van der Waals surface area contributed by atoms with Crippen LogP contribution in [0.3, 0.4) is 0 Å². The largest absolute Gasteiger partial charge is 0.0727 e. The van der Waals surface area contributed by atoms with Gasteiger partial charge in [0.25, 0.3) is 0 Å². The van der Waals surface area contributed by atoms with Gasteiger partial charge in [0.05, 0.1) is 0 Å². The molecule has 0 saturated heterocycles. The van der Waals surface area contributed by atoms with Crippen molar-refractivity contribution in [2.75, 3.05) is 0 Å². The second-order valence-electron chi connectivity index (χ2n) is 4.81.